The molecule has 0 saturated carbocycles. The number of ether oxygens (including phenoxy) is 2. The number of pyridine rings is 1. The summed E-state index contributed by atoms with van der Waals surface area (Å²) >= 11 is 0. The molecule has 0 spiro atoms. The van der Waals surface area contributed by atoms with Crippen molar-refractivity contribution in [1.29, 1.82) is 0 Å². The Labute approximate surface area is 187 Å². The third-order valence-corrected chi connectivity index (χ3v) is 5.75. The summed E-state index contributed by atoms with van der Waals surface area (Å²) in [6.45, 7) is 4.96. The summed E-state index contributed by atoms with van der Waals surface area (Å²) in [7, 11) is 0. The Morgan fingerprint density at radius 2 is 1.78 bits per heavy atom. The normalized spacial score (nSPS) is 18.6. The number of para-hydroxylation sites is 1. The maximum atomic E-state index is 12.8. The standard InChI is InChI=1S/C22H29N7O3/c23-20-7-6-18(21(24)25-20)27-26-17-4-1-2-5-19(17)32-22(30)29-11-8-16(9-12-29)28-10-3-14-31-15-13-28/h1-2,4-7,16H,3,8-15H2,(H4,23,24,25)/b27-26+. The van der Waals surface area contributed by atoms with E-state index < -0.39 is 0 Å². The van der Waals surface area contributed by atoms with Gasteiger partial charge >= 0.3 is 6.09 Å². The van der Waals surface area contributed by atoms with E-state index in [0.29, 0.717) is 42.1 Å². The number of aromatic nitrogens is 1. The molecule has 3 heterocycles. The topological polar surface area (TPSA) is 132 Å². The Bertz CT molecular complexity index is 952. The molecule has 0 aliphatic carbocycles. The van der Waals surface area contributed by atoms with Crippen molar-refractivity contribution in [3.63, 3.8) is 0 Å². The number of carbonyl (C=O) groups excluding carboxylic acids is 1. The molecule has 0 atom stereocenters. The van der Waals surface area contributed by atoms with Crippen molar-refractivity contribution in [2.45, 2.75) is 25.3 Å². The minimum atomic E-state index is -0.376. The van der Waals surface area contributed by atoms with Gasteiger partial charge in [-0.05, 0) is 43.5 Å². The van der Waals surface area contributed by atoms with Gasteiger partial charge in [0.2, 0.25) is 0 Å². The van der Waals surface area contributed by atoms with Crippen molar-refractivity contribution in [3.8, 4) is 5.75 Å². The Hall–Kier alpha value is -3.24. The number of hydrogen-bond acceptors (Lipinski definition) is 9. The van der Waals surface area contributed by atoms with E-state index >= 15 is 0 Å². The highest BCUT2D eigenvalue weighted by atomic mass is 16.6. The first-order valence-corrected chi connectivity index (χ1v) is 10.9. The third kappa shape index (κ3) is 5.51. The lowest BCUT2D eigenvalue weighted by Gasteiger charge is -2.37. The summed E-state index contributed by atoms with van der Waals surface area (Å²) < 4.78 is 11.2. The molecule has 1 aromatic heterocycles. The van der Waals surface area contributed by atoms with Crippen molar-refractivity contribution < 1.29 is 14.3 Å². The highest BCUT2D eigenvalue weighted by Crippen LogP contribution is 2.31. The fourth-order valence-electron chi connectivity index (χ4n) is 4.00. The van der Waals surface area contributed by atoms with E-state index in [9.17, 15) is 4.79 Å². The zero-order chi connectivity index (χ0) is 22.3. The predicted octanol–water partition coefficient (Wildman–Crippen LogP) is 3.35. The molecule has 0 radical (unpaired) electrons. The number of benzene rings is 1. The van der Waals surface area contributed by atoms with Gasteiger partial charge in [0.05, 0.1) is 6.61 Å². The van der Waals surface area contributed by atoms with Crippen molar-refractivity contribution in [2.24, 2.45) is 10.2 Å². The molecule has 2 aromatic rings. The van der Waals surface area contributed by atoms with Gasteiger partial charge in [0.1, 0.15) is 17.2 Å². The summed E-state index contributed by atoms with van der Waals surface area (Å²) in [5.74, 6) is 0.834. The predicted molar refractivity (Wildman–Crippen MR) is 121 cm³/mol. The first kappa shape index (κ1) is 22.0. The van der Waals surface area contributed by atoms with Gasteiger partial charge in [-0.3, -0.25) is 4.90 Å². The fourth-order valence-corrected chi connectivity index (χ4v) is 4.00. The number of anilines is 2. The molecule has 0 bridgehead atoms. The molecule has 10 heteroatoms. The number of amides is 1. The highest BCUT2D eigenvalue weighted by molar-refractivity contribution is 5.73. The lowest BCUT2D eigenvalue weighted by Crippen LogP contribution is -2.48. The number of likely N-dealkylation sites (tertiary alicyclic amines) is 1. The van der Waals surface area contributed by atoms with E-state index in [4.69, 9.17) is 20.9 Å². The second kappa shape index (κ2) is 10.4. The summed E-state index contributed by atoms with van der Waals surface area (Å²) in [6.07, 6.45) is 2.55. The van der Waals surface area contributed by atoms with Gasteiger partial charge in [-0.15, -0.1) is 10.2 Å². The van der Waals surface area contributed by atoms with E-state index in [1.165, 1.54) is 0 Å². The Kier molecular flexibility index (Phi) is 7.13. The van der Waals surface area contributed by atoms with Gasteiger partial charge in [0.15, 0.2) is 11.6 Å². The van der Waals surface area contributed by atoms with Gasteiger partial charge in [0.25, 0.3) is 0 Å². The van der Waals surface area contributed by atoms with Crippen LogP contribution in [0, 0.1) is 0 Å². The van der Waals surface area contributed by atoms with Gasteiger partial charge in [-0.2, -0.15) is 0 Å². The number of hydrogen-bond donors (Lipinski definition) is 2. The number of rotatable bonds is 4. The van der Waals surface area contributed by atoms with Crippen LogP contribution in [0.2, 0.25) is 0 Å². The second-order valence-electron chi connectivity index (χ2n) is 7.90. The maximum absolute atomic E-state index is 12.8. The van der Waals surface area contributed by atoms with Crippen LogP contribution in [0.25, 0.3) is 0 Å². The molecule has 4 rings (SSSR count). The van der Waals surface area contributed by atoms with Crippen molar-refractivity contribution in [2.75, 3.05) is 50.9 Å². The monoisotopic (exact) mass is 439 g/mol. The minimum absolute atomic E-state index is 0.182. The third-order valence-electron chi connectivity index (χ3n) is 5.75. The molecule has 2 aliphatic rings. The van der Waals surface area contributed by atoms with Crippen molar-refractivity contribution in [3.05, 3.63) is 36.4 Å². The lowest BCUT2D eigenvalue weighted by molar-refractivity contribution is 0.0917. The first-order valence-electron chi connectivity index (χ1n) is 10.9. The molecule has 0 unspecified atom stereocenters. The van der Waals surface area contributed by atoms with Gasteiger partial charge < -0.3 is 25.8 Å². The fraction of sp³-hybridized carbons (Fsp3) is 0.455. The Morgan fingerprint density at radius 1 is 1.00 bits per heavy atom. The van der Waals surface area contributed by atoms with Crippen LogP contribution in [0.15, 0.2) is 46.6 Å². The molecule has 170 valence electrons. The highest BCUT2D eigenvalue weighted by Gasteiger charge is 2.28. The summed E-state index contributed by atoms with van der Waals surface area (Å²) in [4.78, 5) is 21.0. The number of nitrogens with two attached hydrogens (primary N) is 2. The quantitative estimate of drug-likeness (QED) is 0.698. The van der Waals surface area contributed by atoms with E-state index in [1.54, 1.807) is 41.3 Å². The zero-order valence-corrected chi connectivity index (χ0v) is 18.0. The molecule has 2 fully saturated rings. The number of nitrogen functional groups attached to an aromatic ring is 2. The lowest BCUT2D eigenvalue weighted by atomic mass is 10.0. The largest absolute Gasteiger partial charge is 0.415 e. The maximum Gasteiger partial charge on any atom is 0.415 e. The Morgan fingerprint density at radius 3 is 2.59 bits per heavy atom. The molecule has 1 amide bonds. The van der Waals surface area contributed by atoms with Crippen LogP contribution in [0.3, 0.4) is 0 Å². The first-order chi connectivity index (χ1) is 15.6. The van der Waals surface area contributed by atoms with Gasteiger partial charge in [0, 0.05) is 38.8 Å². The summed E-state index contributed by atoms with van der Waals surface area (Å²) in [6, 6.07) is 10.7. The van der Waals surface area contributed by atoms with Crippen LogP contribution >= 0.6 is 0 Å². The van der Waals surface area contributed by atoms with Crippen LogP contribution < -0.4 is 16.2 Å². The second-order valence-corrected chi connectivity index (χ2v) is 7.90. The summed E-state index contributed by atoms with van der Waals surface area (Å²) in [5.41, 5.74) is 12.3. The van der Waals surface area contributed by atoms with E-state index in [1.807, 2.05) is 0 Å². The van der Waals surface area contributed by atoms with Crippen LogP contribution in [0.4, 0.5) is 27.8 Å². The molecular formula is C22H29N7O3. The molecule has 10 nitrogen and oxygen atoms in total. The molecule has 32 heavy (non-hydrogen) atoms. The van der Waals surface area contributed by atoms with E-state index in [2.05, 4.69) is 20.1 Å². The Balaban J connectivity index is 1.36. The van der Waals surface area contributed by atoms with Crippen LogP contribution in [-0.2, 0) is 4.74 Å². The average molecular weight is 440 g/mol. The molecule has 4 N–H and O–H groups in total. The van der Waals surface area contributed by atoms with E-state index in [-0.39, 0.29) is 11.9 Å². The minimum Gasteiger partial charge on any atom is -0.408 e. The van der Waals surface area contributed by atoms with Crippen LogP contribution in [0.1, 0.15) is 19.3 Å². The van der Waals surface area contributed by atoms with Crippen molar-refractivity contribution >= 4 is 29.1 Å². The van der Waals surface area contributed by atoms with Crippen LogP contribution in [0.5, 0.6) is 5.75 Å². The zero-order valence-electron chi connectivity index (χ0n) is 18.0. The van der Waals surface area contributed by atoms with E-state index in [0.717, 1.165) is 45.6 Å². The molecular weight excluding hydrogens is 410 g/mol. The smallest absolute Gasteiger partial charge is 0.408 e. The summed E-state index contributed by atoms with van der Waals surface area (Å²) in [5, 5.41) is 8.33. The number of azo groups is 1. The molecule has 1 aromatic carbocycles. The molecule has 2 saturated heterocycles. The van der Waals surface area contributed by atoms with Crippen molar-refractivity contribution in [1.82, 2.24) is 14.8 Å². The number of piperidine rings is 1. The SMILES string of the molecule is Nc1ccc(/N=N/c2ccccc2OC(=O)N2CCC(N3CCCOCC3)CC2)c(N)n1. The number of nitrogens with zero attached hydrogens (tertiary/aromatic N) is 5. The van der Waals surface area contributed by atoms with Gasteiger partial charge in [-0.25, -0.2) is 9.78 Å². The average Bonchev–Trinajstić information content (AvgIpc) is 3.09. The van der Waals surface area contributed by atoms with Crippen LogP contribution in [-0.4, -0.2) is 66.3 Å². The van der Waals surface area contributed by atoms with Gasteiger partial charge in [-0.1, -0.05) is 12.1 Å². The molecule has 2 aliphatic heterocycles. The number of carbonyl (C=O) groups is 1.